The fraction of sp³-hybridized carbons (Fsp3) is 0.0816. The van der Waals surface area contributed by atoms with E-state index in [4.69, 9.17) is 14.7 Å². The average Bonchev–Trinajstić information content (AvgIpc) is 3.82. The maximum Gasteiger partial charge on any atom is 0.210 e. The van der Waals surface area contributed by atoms with Crippen LogP contribution in [0, 0.1) is 18.5 Å². The zero-order valence-corrected chi connectivity index (χ0v) is 33.2. The van der Waals surface area contributed by atoms with Gasteiger partial charge in [0.25, 0.3) is 0 Å². The summed E-state index contributed by atoms with van der Waals surface area (Å²) >= 11 is 0. The van der Waals surface area contributed by atoms with Gasteiger partial charge in [0.05, 0.1) is 6.20 Å². The number of aromatic nitrogens is 5. The summed E-state index contributed by atoms with van der Waals surface area (Å²) in [4.78, 5) is 9.65. The van der Waals surface area contributed by atoms with Gasteiger partial charge >= 0.3 is 0 Å². The molecule has 8 aromatic rings. The van der Waals surface area contributed by atoms with E-state index >= 15 is 0 Å². The molecule has 0 bridgehead atoms. The van der Waals surface area contributed by atoms with Crippen molar-refractivity contribution in [2.45, 2.75) is 26.2 Å². The van der Waals surface area contributed by atoms with Gasteiger partial charge in [-0.25, -0.2) is 4.98 Å². The van der Waals surface area contributed by atoms with Gasteiger partial charge in [-0.15, -0.1) is 29.7 Å². The summed E-state index contributed by atoms with van der Waals surface area (Å²) in [5, 5.41) is 7.67. The third-order valence-electron chi connectivity index (χ3n) is 10.3. The predicted molar refractivity (Wildman–Crippen MR) is 220 cm³/mol. The minimum atomic E-state index is -0.0250. The number of rotatable bonds is 4. The van der Waals surface area contributed by atoms with Crippen LogP contribution in [0.5, 0.6) is 11.5 Å². The van der Waals surface area contributed by atoms with Gasteiger partial charge in [0, 0.05) is 61.4 Å². The first-order valence-corrected chi connectivity index (χ1v) is 18.4. The first-order valence-electron chi connectivity index (χ1n) is 18.4. The molecule has 0 spiro atoms. The number of ether oxygens (including phenoxy) is 1. The van der Waals surface area contributed by atoms with E-state index in [1.165, 1.54) is 5.56 Å². The van der Waals surface area contributed by atoms with Crippen LogP contribution >= 0.6 is 0 Å². The van der Waals surface area contributed by atoms with Gasteiger partial charge < -0.3 is 13.9 Å². The second kappa shape index (κ2) is 14.0. The van der Waals surface area contributed by atoms with Crippen molar-refractivity contribution >= 4 is 54.3 Å². The molecule has 0 saturated carbocycles. The topological polar surface area (TPSA) is 48.8 Å². The largest absolute Gasteiger partial charge is 0.510 e. The van der Waals surface area contributed by atoms with Crippen molar-refractivity contribution in [2.24, 2.45) is 0 Å². The molecule has 0 N–H and O–H groups in total. The summed E-state index contributed by atoms with van der Waals surface area (Å²) in [6.07, 6.45) is 9.29. The smallest absolute Gasteiger partial charge is 0.210 e. The molecule has 6 aromatic carbocycles. The van der Waals surface area contributed by atoms with E-state index in [1.807, 2.05) is 52.0 Å². The molecule has 2 aliphatic rings. The number of pyridine rings is 1. The van der Waals surface area contributed by atoms with Crippen molar-refractivity contribution in [3.05, 3.63) is 182 Å². The van der Waals surface area contributed by atoms with Gasteiger partial charge in [0.1, 0.15) is 5.82 Å². The van der Waals surface area contributed by atoms with Crippen molar-refractivity contribution in [3.8, 4) is 28.8 Å². The maximum atomic E-state index is 6.61. The molecular formula is C49H35N5OPt-2. The summed E-state index contributed by atoms with van der Waals surface area (Å²) in [7, 11) is 0. The molecule has 7 heteroatoms. The standard InChI is InChI=1S/C49H35N5O.Pt/c1-49(2,3)33-25-26-50-47(29-33)54-45-22-11-9-19-41(45)42-24-23-36(31-46(42)54)55-35-14-12-13-34(30-35)53-32-52-28-27-51-48(52)43-20-7-6-17-39(43)37-15-4-5-16-38(37)40-18-8-10-21-44(40)53;/h4-29H,1-3H3;/q-2;. The molecule has 0 atom stereocenters. The van der Waals surface area contributed by atoms with Crippen molar-refractivity contribution in [1.29, 1.82) is 0 Å². The Bertz CT molecular complexity index is 3140. The molecule has 56 heavy (non-hydrogen) atoms. The van der Waals surface area contributed by atoms with E-state index in [2.05, 4.69) is 159 Å². The predicted octanol–water partition coefficient (Wildman–Crippen LogP) is 11.2. The zero-order valence-electron chi connectivity index (χ0n) is 31.0. The summed E-state index contributed by atoms with van der Waals surface area (Å²) in [6, 6.07) is 55.3. The van der Waals surface area contributed by atoms with Crippen LogP contribution in [0.25, 0.3) is 71.6 Å². The molecule has 0 fully saturated rings. The molecule has 0 saturated heterocycles. The Labute approximate surface area is 339 Å². The van der Waals surface area contributed by atoms with Crippen LogP contribution in [-0.4, -0.2) is 19.1 Å². The molecule has 274 valence electrons. The molecular weight excluding hydrogens is 870 g/mol. The second-order valence-electron chi connectivity index (χ2n) is 14.8. The van der Waals surface area contributed by atoms with Gasteiger partial charge in [0.15, 0.2) is 6.33 Å². The van der Waals surface area contributed by atoms with Crippen LogP contribution in [0.1, 0.15) is 26.3 Å². The molecule has 10 rings (SSSR count). The average molecular weight is 905 g/mol. The van der Waals surface area contributed by atoms with Crippen molar-refractivity contribution in [2.75, 3.05) is 0 Å². The van der Waals surface area contributed by atoms with Crippen LogP contribution in [0.4, 0.5) is 0 Å². The summed E-state index contributed by atoms with van der Waals surface area (Å²) in [5.41, 5.74) is 4.85. The van der Waals surface area contributed by atoms with E-state index in [0.717, 1.165) is 71.6 Å². The number of para-hydroxylation sites is 2. The van der Waals surface area contributed by atoms with Crippen LogP contribution in [0.2, 0.25) is 0 Å². The molecule has 0 unspecified atom stereocenters. The van der Waals surface area contributed by atoms with Gasteiger partial charge in [-0.2, -0.15) is 23.2 Å². The Hall–Kier alpha value is -6.36. The molecule has 0 amide bonds. The maximum absolute atomic E-state index is 6.61. The fourth-order valence-corrected chi connectivity index (χ4v) is 7.61. The van der Waals surface area contributed by atoms with Crippen LogP contribution in [0.3, 0.4) is 0 Å². The van der Waals surface area contributed by atoms with E-state index in [-0.39, 0.29) is 26.5 Å². The Balaban J connectivity index is 0.00000410. The van der Waals surface area contributed by atoms with E-state index in [0.29, 0.717) is 11.5 Å². The summed E-state index contributed by atoms with van der Waals surface area (Å²) in [5.74, 6) is 2.77. The number of nitrogens with zero attached hydrogens (tertiary/aromatic N) is 5. The first-order chi connectivity index (χ1) is 26.9. The normalized spacial score (nSPS) is 11.7. The van der Waals surface area contributed by atoms with Crippen molar-refractivity contribution in [3.63, 3.8) is 0 Å². The molecule has 2 aliphatic heterocycles. The first kappa shape index (κ1) is 35.3. The summed E-state index contributed by atoms with van der Waals surface area (Å²) in [6.45, 7) is 6.66. The van der Waals surface area contributed by atoms with Gasteiger partial charge in [-0.1, -0.05) is 123 Å². The van der Waals surface area contributed by atoms with Gasteiger partial charge in [-0.3, -0.25) is 4.57 Å². The number of hydrogen-bond donors (Lipinski definition) is 0. The zero-order chi connectivity index (χ0) is 37.1. The van der Waals surface area contributed by atoms with Crippen LogP contribution in [0.15, 0.2) is 158 Å². The van der Waals surface area contributed by atoms with Crippen molar-refractivity contribution < 1.29 is 30.4 Å². The van der Waals surface area contributed by atoms with Gasteiger partial charge in [-0.05, 0) is 56.1 Å². The minimum Gasteiger partial charge on any atom is -0.510 e. The Morgan fingerprint density at radius 3 is 1.95 bits per heavy atom. The van der Waals surface area contributed by atoms with E-state index in [9.17, 15) is 0 Å². The Kier molecular flexibility index (Phi) is 8.87. The van der Waals surface area contributed by atoms with E-state index < -0.39 is 0 Å². The molecule has 2 aromatic heterocycles. The second-order valence-corrected chi connectivity index (χ2v) is 14.8. The quantitative estimate of drug-likeness (QED) is 0.131. The van der Waals surface area contributed by atoms with Crippen LogP contribution in [-0.2, 0) is 26.5 Å². The third kappa shape index (κ3) is 6.07. The van der Waals surface area contributed by atoms with E-state index in [1.54, 1.807) is 0 Å². The van der Waals surface area contributed by atoms with Crippen molar-refractivity contribution in [1.82, 2.24) is 19.1 Å². The number of imidazole rings is 1. The number of fused-ring (bicyclic) bond motifs is 10. The minimum absolute atomic E-state index is 0. The molecule has 4 heterocycles. The SMILES string of the molecule is CC(C)(C)c1ccnc(-n2c3[c-]c(Oc4[c-]c(-n5[c-][n+]6ccnc-6c6ccccc6c6ccccc6c6ccccc65)ccc4)ccc3c3ccccc32)c1.[Pt]. The van der Waals surface area contributed by atoms with Gasteiger partial charge in [0.2, 0.25) is 5.82 Å². The third-order valence-corrected chi connectivity index (χ3v) is 10.3. The molecule has 0 aliphatic carbocycles. The number of benzene rings is 6. The molecule has 0 radical (unpaired) electrons. The monoisotopic (exact) mass is 904 g/mol. The Morgan fingerprint density at radius 2 is 1.20 bits per heavy atom. The van der Waals surface area contributed by atoms with Crippen LogP contribution < -0.4 is 9.30 Å². The molecule has 6 nitrogen and oxygen atoms in total. The number of hydrogen-bond acceptors (Lipinski definition) is 3. The summed E-state index contributed by atoms with van der Waals surface area (Å²) < 4.78 is 12.8. The fourth-order valence-electron chi connectivity index (χ4n) is 7.61. The Morgan fingerprint density at radius 1 is 0.571 bits per heavy atom.